The van der Waals surface area contributed by atoms with Crippen molar-refractivity contribution in [3.05, 3.63) is 58.7 Å². The van der Waals surface area contributed by atoms with Gasteiger partial charge in [-0.2, -0.15) is 0 Å². The first-order valence-electron chi connectivity index (χ1n) is 18.7. The van der Waals surface area contributed by atoms with E-state index in [1.165, 1.54) is 77.0 Å². The fourth-order valence-corrected chi connectivity index (χ4v) is 6.58. The predicted molar refractivity (Wildman–Crippen MR) is 192 cm³/mol. The number of hydrogen-bond acceptors (Lipinski definition) is 6. The average Bonchev–Trinajstić information content (AvgIpc) is 3.06. The lowest BCUT2D eigenvalue weighted by molar-refractivity contribution is 0.0980. The Hall–Kier alpha value is -2.70. The van der Waals surface area contributed by atoms with Crippen LogP contribution in [0.15, 0.2) is 36.4 Å². The largest absolute Gasteiger partial charge is 0.393 e. The normalized spacial score (nSPS) is 13.7. The molecule has 0 amide bonds. The summed E-state index contributed by atoms with van der Waals surface area (Å²) in [5.41, 5.74) is 2.90. The lowest BCUT2D eigenvalue weighted by atomic mass is 9.82. The van der Waals surface area contributed by atoms with Crippen molar-refractivity contribution in [2.45, 2.75) is 154 Å². The standard InChI is InChI=1S/C40H62N2O4/c1-3-5-7-9-11-13-15-17-21-31(43)27-29-41-35-25-26-36(38-37(35)39(45)33-23-19-20-24-34(33)40(38)46)42-30-28-32(44)22-18-16-14-12-10-8-6-4-2/h19-20,23-26,31-32,41-44H,3-18,21-22,27-30H2,1-2H3. The maximum Gasteiger partial charge on any atom is 0.196 e. The Balaban J connectivity index is 1.52. The van der Waals surface area contributed by atoms with Crippen molar-refractivity contribution in [3.63, 3.8) is 0 Å². The topological polar surface area (TPSA) is 98.7 Å². The number of aliphatic hydroxyl groups is 2. The molecule has 2 aromatic rings. The molecule has 0 fully saturated rings. The van der Waals surface area contributed by atoms with Gasteiger partial charge < -0.3 is 20.8 Å². The molecule has 1 aliphatic rings. The highest BCUT2D eigenvalue weighted by Gasteiger charge is 2.33. The highest BCUT2D eigenvalue weighted by molar-refractivity contribution is 6.31. The predicted octanol–water partition coefficient (Wildman–Crippen LogP) is 9.85. The van der Waals surface area contributed by atoms with Gasteiger partial charge in [-0.05, 0) is 37.8 Å². The number of anilines is 2. The molecular formula is C40H62N2O4. The molecule has 0 aliphatic heterocycles. The summed E-state index contributed by atoms with van der Waals surface area (Å²) in [5, 5.41) is 27.9. The van der Waals surface area contributed by atoms with E-state index >= 15 is 0 Å². The van der Waals surface area contributed by atoms with Crippen LogP contribution < -0.4 is 10.6 Å². The first kappa shape index (κ1) is 37.8. The van der Waals surface area contributed by atoms with Crippen LogP contribution in [0.5, 0.6) is 0 Å². The molecule has 0 saturated carbocycles. The summed E-state index contributed by atoms with van der Waals surface area (Å²) in [6.07, 6.45) is 21.8. The van der Waals surface area contributed by atoms with Gasteiger partial charge in [0, 0.05) is 35.6 Å². The summed E-state index contributed by atoms with van der Waals surface area (Å²) in [5.74, 6) is -0.323. The van der Waals surface area contributed by atoms with Crippen LogP contribution in [0.25, 0.3) is 0 Å². The first-order chi connectivity index (χ1) is 22.5. The number of fused-ring (bicyclic) bond motifs is 2. The molecule has 0 bridgehead atoms. The van der Waals surface area contributed by atoms with Gasteiger partial charge in [0.25, 0.3) is 0 Å². The van der Waals surface area contributed by atoms with Crippen molar-refractivity contribution >= 4 is 22.9 Å². The molecule has 4 N–H and O–H groups in total. The molecule has 3 rings (SSSR count). The van der Waals surface area contributed by atoms with Gasteiger partial charge in [-0.3, -0.25) is 9.59 Å². The van der Waals surface area contributed by atoms with Crippen molar-refractivity contribution in [3.8, 4) is 0 Å². The van der Waals surface area contributed by atoms with E-state index in [2.05, 4.69) is 24.5 Å². The molecule has 0 radical (unpaired) electrons. The molecule has 6 heteroatoms. The minimum absolute atomic E-state index is 0.162. The van der Waals surface area contributed by atoms with Gasteiger partial charge in [-0.1, -0.05) is 141 Å². The van der Waals surface area contributed by atoms with Crippen LogP contribution in [-0.2, 0) is 0 Å². The summed E-state index contributed by atoms with van der Waals surface area (Å²) < 4.78 is 0. The van der Waals surface area contributed by atoms with E-state index in [0.717, 1.165) is 38.5 Å². The second-order valence-corrected chi connectivity index (χ2v) is 13.4. The average molecular weight is 635 g/mol. The Bertz CT molecular complexity index is 1090. The highest BCUT2D eigenvalue weighted by Crippen LogP contribution is 2.36. The molecule has 0 aromatic heterocycles. The lowest BCUT2D eigenvalue weighted by Gasteiger charge is -2.24. The van der Waals surface area contributed by atoms with E-state index in [0.29, 0.717) is 59.6 Å². The lowest BCUT2D eigenvalue weighted by Crippen LogP contribution is -2.25. The van der Waals surface area contributed by atoms with Gasteiger partial charge in [0.05, 0.1) is 23.3 Å². The van der Waals surface area contributed by atoms with Crippen LogP contribution in [0.1, 0.15) is 174 Å². The third-order valence-electron chi connectivity index (χ3n) is 9.44. The van der Waals surface area contributed by atoms with Gasteiger partial charge in [0.1, 0.15) is 0 Å². The summed E-state index contributed by atoms with van der Waals surface area (Å²) in [6.45, 7) is 5.51. The number of rotatable bonds is 26. The van der Waals surface area contributed by atoms with E-state index < -0.39 is 0 Å². The number of unbranched alkanes of at least 4 members (excludes halogenated alkanes) is 14. The van der Waals surface area contributed by atoms with Gasteiger partial charge >= 0.3 is 0 Å². The third kappa shape index (κ3) is 12.5. The summed E-state index contributed by atoms with van der Waals surface area (Å²) in [6, 6.07) is 10.7. The second-order valence-electron chi connectivity index (χ2n) is 13.4. The molecule has 0 saturated heterocycles. The quantitative estimate of drug-likeness (QED) is 0.0656. The maximum atomic E-state index is 13.7. The van der Waals surface area contributed by atoms with E-state index in [-0.39, 0.29) is 23.8 Å². The molecule has 0 spiro atoms. The van der Waals surface area contributed by atoms with Crippen molar-refractivity contribution in [1.29, 1.82) is 0 Å². The fraction of sp³-hybridized carbons (Fsp3) is 0.650. The van der Waals surface area contributed by atoms with Crippen LogP contribution >= 0.6 is 0 Å². The van der Waals surface area contributed by atoms with Crippen LogP contribution in [-0.4, -0.2) is 47.1 Å². The first-order valence-corrected chi connectivity index (χ1v) is 18.7. The van der Waals surface area contributed by atoms with E-state index in [9.17, 15) is 19.8 Å². The molecule has 256 valence electrons. The van der Waals surface area contributed by atoms with Crippen molar-refractivity contribution in [2.24, 2.45) is 0 Å². The van der Waals surface area contributed by atoms with E-state index in [4.69, 9.17) is 0 Å². The second kappa shape index (κ2) is 22.0. The molecular weight excluding hydrogens is 572 g/mol. The van der Waals surface area contributed by atoms with Crippen LogP contribution in [0.3, 0.4) is 0 Å². The number of aliphatic hydroxyl groups excluding tert-OH is 2. The molecule has 2 unspecified atom stereocenters. The number of carbonyl (C=O) groups is 2. The Morgan fingerprint density at radius 1 is 0.500 bits per heavy atom. The Morgan fingerprint density at radius 3 is 1.22 bits per heavy atom. The molecule has 1 aliphatic carbocycles. The van der Waals surface area contributed by atoms with Gasteiger partial charge in [0.2, 0.25) is 0 Å². The van der Waals surface area contributed by atoms with Gasteiger partial charge in [-0.15, -0.1) is 0 Å². The van der Waals surface area contributed by atoms with E-state index in [1.807, 2.05) is 12.1 Å². The van der Waals surface area contributed by atoms with Crippen LogP contribution in [0.2, 0.25) is 0 Å². The maximum absolute atomic E-state index is 13.7. The Morgan fingerprint density at radius 2 is 0.848 bits per heavy atom. The minimum atomic E-state index is -0.389. The zero-order valence-corrected chi connectivity index (χ0v) is 28.9. The van der Waals surface area contributed by atoms with Crippen molar-refractivity contribution in [1.82, 2.24) is 0 Å². The van der Waals surface area contributed by atoms with Gasteiger partial charge in [0.15, 0.2) is 11.6 Å². The summed E-state index contributed by atoms with van der Waals surface area (Å²) >= 11 is 0. The summed E-state index contributed by atoms with van der Waals surface area (Å²) in [7, 11) is 0. The number of nitrogens with one attached hydrogen (secondary N) is 2. The van der Waals surface area contributed by atoms with Crippen LogP contribution in [0.4, 0.5) is 11.4 Å². The minimum Gasteiger partial charge on any atom is -0.393 e. The Kier molecular flexibility index (Phi) is 18.0. The van der Waals surface area contributed by atoms with Crippen molar-refractivity contribution in [2.75, 3.05) is 23.7 Å². The number of benzene rings is 2. The van der Waals surface area contributed by atoms with Crippen molar-refractivity contribution < 1.29 is 19.8 Å². The smallest absolute Gasteiger partial charge is 0.196 e. The monoisotopic (exact) mass is 634 g/mol. The molecule has 2 atom stereocenters. The molecule has 46 heavy (non-hydrogen) atoms. The van der Waals surface area contributed by atoms with Gasteiger partial charge in [-0.25, -0.2) is 0 Å². The molecule has 2 aromatic carbocycles. The fourth-order valence-electron chi connectivity index (χ4n) is 6.58. The van der Waals surface area contributed by atoms with E-state index in [1.54, 1.807) is 24.3 Å². The number of hydrogen-bond donors (Lipinski definition) is 4. The third-order valence-corrected chi connectivity index (χ3v) is 9.44. The number of carbonyl (C=O) groups excluding carboxylic acids is 2. The SMILES string of the molecule is CCCCCCCCCCC(O)CCNc1ccc(NCCC(O)CCCCCCCCCC)c2c1C(=O)c1ccccc1C2=O. The molecule has 0 heterocycles. The summed E-state index contributed by atoms with van der Waals surface area (Å²) in [4.78, 5) is 27.5. The zero-order chi connectivity index (χ0) is 33.0. The van der Waals surface area contributed by atoms with Crippen LogP contribution in [0, 0.1) is 0 Å². The zero-order valence-electron chi connectivity index (χ0n) is 28.9. The molecule has 6 nitrogen and oxygen atoms in total. The highest BCUT2D eigenvalue weighted by atomic mass is 16.3. The Labute approximate surface area is 279 Å². The number of ketones is 2.